The zero-order valence-electron chi connectivity index (χ0n) is 14.0. The van der Waals surface area contributed by atoms with Crippen LogP contribution in [-0.2, 0) is 14.4 Å². The number of hydrogen-bond donors (Lipinski definition) is 1. The Morgan fingerprint density at radius 3 is 2.52 bits per heavy atom. The lowest BCUT2D eigenvalue weighted by molar-refractivity contribution is -0.146. The van der Waals surface area contributed by atoms with Crippen LogP contribution in [0.3, 0.4) is 0 Å². The van der Waals surface area contributed by atoms with Gasteiger partial charge in [0, 0.05) is 10.7 Å². The lowest BCUT2D eigenvalue weighted by atomic mass is 9.85. The smallest absolute Gasteiger partial charge is 0.247 e. The average Bonchev–Trinajstić information content (AvgIpc) is 2.85. The van der Waals surface area contributed by atoms with Gasteiger partial charge in [-0.15, -0.1) is 0 Å². The van der Waals surface area contributed by atoms with E-state index in [1.54, 1.807) is 44.4 Å². The standard InChI is InChI=1S/C18H19ClN2O4/c1-10(16(22)20-12-4-6-13(25-2)7-5-12)21-17(23)14-8-3-11(19)9-15(14)18(21)24/h3-7,10,14-15H,8-9H2,1-2H3,(H,20,22)/t10-,14+,15+/m0/s1. The van der Waals surface area contributed by atoms with Crippen LogP contribution >= 0.6 is 11.6 Å². The number of allylic oxidation sites excluding steroid dienone is 2. The summed E-state index contributed by atoms with van der Waals surface area (Å²) in [6, 6.07) is 5.94. The number of methoxy groups -OCH3 is 1. The first-order valence-electron chi connectivity index (χ1n) is 8.08. The van der Waals surface area contributed by atoms with Crippen molar-refractivity contribution in [2.75, 3.05) is 12.4 Å². The molecule has 7 heteroatoms. The fourth-order valence-electron chi connectivity index (χ4n) is 3.27. The summed E-state index contributed by atoms with van der Waals surface area (Å²) in [5, 5.41) is 3.32. The van der Waals surface area contributed by atoms with Gasteiger partial charge in [0.1, 0.15) is 11.8 Å². The number of fused-ring (bicyclic) bond motifs is 1. The van der Waals surface area contributed by atoms with Gasteiger partial charge in [-0.3, -0.25) is 19.3 Å². The van der Waals surface area contributed by atoms with E-state index in [0.717, 1.165) is 4.90 Å². The molecule has 1 saturated heterocycles. The molecule has 3 rings (SSSR count). The molecule has 1 aliphatic carbocycles. The summed E-state index contributed by atoms with van der Waals surface area (Å²) in [5.74, 6) is -1.23. The van der Waals surface area contributed by atoms with Crippen molar-refractivity contribution >= 4 is 35.0 Å². The number of rotatable bonds is 4. The summed E-state index contributed by atoms with van der Waals surface area (Å²) < 4.78 is 5.07. The molecule has 1 aromatic carbocycles. The van der Waals surface area contributed by atoms with E-state index in [9.17, 15) is 14.4 Å². The summed E-state index contributed by atoms with van der Waals surface area (Å²) in [6.07, 6.45) is 2.58. The van der Waals surface area contributed by atoms with Gasteiger partial charge >= 0.3 is 0 Å². The normalized spacial score (nSPS) is 23.8. The summed E-state index contributed by atoms with van der Waals surface area (Å²) in [7, 11) is 1.56. The van der Waals surface area contributed by atoms with Crippen molar-refractivity contribution in [1.29, 1.82) is 0 Å². The molecule has 1 heterocycles. The van der Waals surface area contributed by atoms with Crippen LogP contribution in [0.1, 0.15) is 19.8 Å². The van der Waals surface area contributed by atoms with Gasteiger partial charge in [-0.2, -0.15) is 0 Å². The van der Waals surface area contributed by atoms with Crippen LogP contribution in [0, 0.1) is 11.8 Å². The summed E-state index contributed by atoms with van der Waals surface area (Å²) in [6.45, 7) is 1.56. The van der Waals surface area contributed by atoms with Crippen LogP contribution in [0.15, 0.2) is 35.4 Å². The second kappa shape index (κ2) is 6.88. The molecule has 6 nitrogen and oxygen atoms in total. The minimum Gasteiger partial charge on any atom is -0.497 e. The van der Waals surface area contributed by atoms with Gasteiger partial charge in [-0.05, 0) is 44.0 Å². The number of carbonyl (C=O) groups is 3. The molecule has 0 saturated carbocycles. The highest BCUT2D eigenvalue weighted by Crippen LogP contribution is 2.39. The van der Waals surface area contributed by atoms with E-state index in [-0.39, 0.29) is 11.8 Å². The largest absolute Gasteiger partial charge is 0.497 e. The Bertz CT molecular complexity index is 744. The highest BCUT2D eigenvalue weighted by atomic mass is 35.5. The summed E-state index contributed by atoms with van der Waals surface area (Å²) >= 11 is 6.01. The SMILES string of the molecule is COc1ccc(NC(=O)[C@H](C)N2C(=O)[C@@H]3CC=C(Cl)C[C@H]3C2=O)cc1. The van der Waals surface area contributed by atoms with Crippen molar-refractivity contribution in [3.63, 3.8) is 0 Å². The molecule has 132 valence electrons. The van der Waals surface area contributed by atoms with Gasteiger partial charge in [0.2, 0.25) is 17.7 Å². The third kappa shape index (κ3) is 3.26. The van der Waals surface area contributed by atoms with Crippen LogP contribution in [0.4, 0.5) is 5.69 Å². The number of amides is 3. The van der Waals surface area contributed by atoms with Crippen LogP contribution in [0.25, 0.3) is 0 Å². The lowest BCUT2D eigenvalue weighted by Crippen LogP contribution is -2.46. The molecule has 1 N–H and O–H groups in total. The van der Waals surface area contributed by atoms with Gasteiger partial charge in [-0.1, -0.05) is 17.7 Å². The van der Waals surface area contributed by atoms with Crippen molar-refractivity contribution in [2.45, 2.75) is 25.8 Å². The predicted molar refractivity (Wildman–Crippen MR) is 93.1 cm³/mol. The molecule has 25 heavy (non-hydrogen) atoms. The molecule has 1 fully saturated rings. The third-order valence-corrected chi connectivity index (χ3v) is 5.04. The molecule has 0 aromatic heterocycles. The fourth-order valence-corrected chi connectivity index (χ4v) is 3.53. The highest BCUT2D eigenvalue weighted by molar-refractivity contribution is 6.30. The van der Waals surface area contributed by atoms with Gasteiger partial charge in [0.15, 0.2) is 0 Å². The van der Waals surface area contributed by atoms with Crippen molar-refractivity contribution in [3.8, 4) is 5.75 Å². The Morgan fingerprint density at radius 1 is 1.24 bits per heavy atom. The van der Waals surface area contributed by atoms with Crippen molar-refractivity contribution in [3.05, 3.63) is 35.4 Å². The molecule has 3 atom stereocenters. The van der Waals surface area contributed by atoms with E-state index in [1.807, 2.05) is 0 Å². The average molecular weight is 363 g/mol. The number of imide groups is 1. The Kier molecular flexibility index (Phi) is 4.81. The number of hydrogen-bond acceptors (Lipinski definition) is 4. The van der Waals surface area contributed by atoms with Crippen LogP contribution < -0.4 is 10.1 Å². The minimum absolute atomic E-state index is 0.298. The van der Waals surface area contributed by atoms with E-state index in [2.05, 4.69) is 5.32 Å². The maximum atomic E-state index is 12.6. The lowest BCUT2D eigenvalue weighted by Gasteiger charge is -2.22. The third-order valence-electron chi connectivity index (χ3n) is 4.73. The van der Waals surface area contributed by atoms with Gasteiger partial charge in [0.05, 0.1) is 18.9 Å². The molecule has 1 aromatic rings. The highest BCUT2D eigenvalue weighted by Gasteiger charge is 2.51. The van der Waals surface area contributed by atoms with E-state index in [4.69, 9.17) is 16.3 Å². The topological polar surface area (TPSA) is 75.7 Å². The fraction of sp³-hybridized carbons (Fsp3) is 0.389. The number of anilines is 1. The first-order valence-corrected chi connectivity index (χ1v) is 8.46. The zero-order valence-corrected chi connectivity index (χ0v) is 14.7. The van der Waals surface area contributed by atoms with Gasteiger partial charge in [0.25, 0.3) is 0 Å². The summed E-state index contributed by atoms with van der Waals surface area (Å²) in [4.78, 5) is 38.7. The number of likely N-dealkylation sites (tertiary alicyclic amines) is 1. The monoisotopic (exact) mass is 362 g/mol. The maximum Gasteiger partial charge on any atom is 0.247 e. The van der Waals surface area contributed by atoms with Crippen molar-refractivity contribution < 1.29 is 19.1 Å². The molecular formula is C18H19ClN2O4. The van der Waals surface area contributed by atoms with Gasteiger partial charge in [-0.25, -0.2) is 0 Å². The van der Waals surface area contributed by atoms with Crippen molar-refractivity contribution in [1.82, 2.24) is 4.90 Å². The van der Waals surface area contributed by atoms with E-state index < -0.39 is 23.8 Å². The molecule has 1 aliphatic heterocycles. The quantitative estimate of drug-likeness (QED) is 0.835. The number of carbonyl (C=O) groups excluding carboxylic acids is 3. The number of benzene rings is 1. The number of ether oxygens (including phenoxy) is 1. The molecule has 2 aliphatic rings. The maximum absolute atomic E-state index is 12.6. The van der Waals surface area contributed by atoms with Crippen LogP contribution in [0.2, 0.25) is 0 Å². The number of nitrogens with zero attached hydrogens (tertiary/aromatic N) is 1. The van der Waals surface area contributed by atoms with E-state index >= 15 is 0 Å². The summed E-state index contributed by atoms with van der Waals surface area (Å²) in [5.41, 5.74) is 0.568. The molecule has 0 spiro atoms. The Balaban J connectivity index is 1.71. The predicted octanol–water partition coefficient (Wildman–Crippen LogP) is 2.54. The number of halogens is 1. The molecule has 0 bridgehead atoms. The second-order valence-corrected chi connectivity index (χ2v) is 6.73. The first kappa shape index (κ1) is 17.5. The van der Waals surface area contributed by atoms with Gasteiger partial charge < -0.3 is 10.1 Å². The van der Waals surface area contributed by atoms with Crippen LogP contribution in [-0.4, -0.2) is 35.8 Å². The minimum atomic E-state index is -0.883. The van der Waals surface area contributed by atoms with E-state index in [0.29, 0.717) is 29.3 Å². The first-order chi connectivity index (χ1) is 11.9. The van der Waals surface area contributed by atoms with Crippen molar-refractivity contribution in [2.24, 2.45) is 11.8 Å². The zero-order chi connectivity index (χ0) is 18.1. The Labute approximate surface area is 150 Å². The second-order valence-electron chi connectivity index (χ2n) is 6.24. The molecular weight excluding hydrogens is 344 g/mol. The van der Waals surface area contributed by atoms with Crippen LogP contribution in [0.5, 0.6) is 5.75 Å². The molecule has 0 unspecified atom stereocenters. The van der Waals surface area contributed by atoms with E-state index in [1.165, 1.54) is 0 Å². The molecule has 3 amide bonds. The Hall–Kier alpha value is -2.34. The molecule has 0 radical (unpaired) electrons. The number of nitrogens with one attached hydrogen (secondary N) is 1. The Morgan fingerprint density at radius 2 is 1.88 bits per heavy atom.